The summed E-state index contributed by atoms with van der Waals surface area (Å²) in [5, 5.41) is 0. The van der Waals surface area contributed by atoms with Gasteiger partial charge in [-0.2, -0.15) is 0 Å². The third-order valence-electron chi connectivity index (χ3n) is 6.11. The van der Waals surface area contributed by atoms with Gasteiger partial charge in [0.05, 0.1) is 0 Å². The Balaban J connectivity index is 2.89. The van der Waals surface area contributed by atoms with Crippen molar-refractivity contribution < 1.29 is 13.2 Å². The van der Waals surface area contributed by atoms with Crippen molar-refractivity contribution in [2.75, 3.05) is 0 Å². The Morgan fingerprint density at radius 3 is 1.68 bits per heavy atom. The molecule has 0 saturated heterocycles. The maximum absolute atomic E-state index is 14.4. The van der Waals surface area contributed by atoms with Crippen LogP contribution in [0.25, 0.3) is 11.0 Å². The minimum absolute atomic E-state index is 0.357. The van der Waals surface area contributed by atoms with Crippen LogP contribution >= 0.6 is 11.7 Å². The molecule has 0 radical (unpaired) electrons. The Hall–Kier alpha value is -0.371. The van der Waals surface area contributed by atoms with Gasteiger partial charge in [0.15, 0.2) is 0 Å². The van der Waals surface area contributed by atoms with Gasteiger partial charge in [-0.1, -0.05) is 0 Å². The molecular weight excluding hydrogens is 488 g/mol. The summed E-state index contributed by atoms with van der Waals surface area (Å²) >= 11 is -2.30. The molecule has 0 aliphatic carbocycles. The van der Waals surface area contributed by atoms with Crippen LogP contribution < -0.4 is 3.58 Å². The van der Waals surface area contributed by atoms with Crippen molar-refractivity contribution in [3.63, 3.8) is 0 Å². The summed E-state index contributed by atoms with van der Waals surface area (Å²) < 4.78 is 55.7. The van der Waals surface area contributed by atoms with E-state index in [9.17, 15) is 13.2 Å². The van der Waals surface area contributed by atoms with E-state index in [4.69, 9.17) is 0 Å². The molecule has 0 amide bonds. The zero-order chi connectivity index (χ0) is 20.9. The van der Waals surface area contributed by atoms with E-state index in [2.05, 4.69) is 29.5 Å². The van der Waals surface area contributed by atoms with E-state index in [1.165, 1.54) is 0 Å². The summed E-state index contributed by atoms with van der Waals surface area (Å²) in [6.07, 6.45) is 1.81. The van der Waals surface area contributed by atoms with Crippen LogP contribution in [0.2, 0.25) is 13.3 Å². The fourth-order valence-corrected chi connectivity index (χ4v) is 22.8. The molecule has 0 fully saturated rings. The predicted molar refractivity (Wildman–Crippen MR) is 116 cm³/mol. The topological polar surface area (TPSA) is 25.8 Å². The number of aryl methyl sites for hydroxylation is 1. The number of halogens is 3. The second-order valence-electron chi connectivity index (χ2n) is 8.05. The average Bonchev–Trinajstić information content (AvgIpc) is 3.13. The zero-order valence-corrected chi connectivity index (χ0v) is 21.5. The molecular formula is C21H33F3N2SSn. The quantitative estimate of drug-likeness (QED) is 0.305. The number of unbranched alkanes of at least 4 members (excludes halogenated alkanes) is 3. The number of rotatable bonds is 10. The normalized spacial score (nSPS) is 12.9. The van der Waals surface area contributed by atoms with Gasteiger partial charge in [-0.3, -0.25) is 0 Å². The van der Waals surface area contributed by atoms with Gasteiger partial charge in [-0.05, 0) is 0 Å². The standard InChI is InChI=1S/C9H6F3N2S.3C4H9.Sn/c1-4-5(2)8-7(13-15-14-8)3-6(4)9(10,11)12;3*1-3-4-2;/h1-2H3;3*1,3-4H2,2H3;. The molecule has 28 heavy (non-hydrogen) atoms. The predicted octanol–water partition coefficient (Wildman–Crippen LogP) is 7.38. The molecule has 2 aromatic rings. The molecule has 1 aromatic carbocycles. The first-order valence-corrected chi connectivity index (χ1v) is 18.8. The van der Waals surface area contributed by atoms with E-state index in [-0.39, 0.29) is 5.56 Å². The van der Waals surface area contributed by atoms with Gasteiger partial charge in [0.2, 0.25) is 0 Å². The van der Waals surface area contributed by atoms with Crippen LogP contribution in [0.1, 0.15) is 76.0 Å². The molecule has 0 bridgehead atoms. The number of hydrogen-bond acceptors (Lipinski definition) is 3. The molecule has 0 spiro atoms. The van der Waals surface area contributed by atoms with Gasteiger partial charge >= 0.3 is 176 Å². The molecule has 0 saturated carbocycles. The van der Waals surface area contributed by atoms with E-state index in [0.717, 1.165) is 63.6 Å². The van der Waals surface area contributed by atoms with Crippen molar-refractivity contribution >= 4 is 44.7 Å². The first-order valence-electron chi connectivity index (χ1n) is 10.6. The fraction of sp³-hybridized carbons (Fsp3) is 0.714. The average molecular weight is 521 g/mol. The van der Waals surface area contributed by atoms with Crippen molar-refractivity contribution in [3.8, 4) is 0 Å². The second kappa shape index (κ2) is 10.1. The Morgan fingerprint density at radius 2 is 1.25 bits per heavy atom. The third kappa shape index (κ3) is 4.85. The van der Waals surface area contributed by atoms with Crippen molar-refractivity contribution in [3.05, 3.63) is 16.7 Å². The number of alkyl halides is 3. The molecule has 0 unspecified atom stereocenters. The summed E-state index contributed by atoms with van der Waals surface area (Å²) in [4.78, 5) is 0. The van der Waals surface area contributed by atoms with Crippen LogP contribution in [0, 0.1) is 13.8 Å². The van der Waals surface area contributed by atoms with E-state index in [1.807, 2.05) is 0 Å². The van der Waals surface area contributed by atoms with E-state index in [1.54, 1.807) is 13.8 Å². The second-order valence-corrected chi connectivity index (χ2v) is 21.6. The molecule has 1 heterocycles. The van der Waals surface area contributed by atoms with Crippen molar-refractivity contribution in [1.29, 1.82) is 0 Å². The molecule has 0 aliphatic heterocycles. The van der Waals surface area contributed by atoms with Gasteiger partial charge in [0, 0.05) is 0 Å². The molecule has 2 rings (SSSR count). The van der Waals surface area contributed by atoms with Gasteiger partial charge < -0.3 is 0 Å². The van der Waals surface area contributed by atoms with Gasteiger partial charge in [0.25, 0.3) is 0 Å². The summed E-state index contributed by atoms with van der Waals surface area (Å²) in [7, 11) is 0. The van der Waals surface area contributed by atoms with Crippen LogP contribution in [-0.4, -0.2) is 27.1 Å². The molecule has 2 nitrogen and oxygen atoms in total. The maximum atomic E-state index is 14.4. The van der Waals surface area contributed by atoms with Gasteiger partial charge in [-0.25, -0.2) is 0 Å². The summed E-state index contributed by atoms with van der Waals surface area (Å²) in [5.41, 5.74) is 1.94. The third-order valence-corrected chi connectivity index (χ3v) is 22.3. The van der Waals surface area contributed by atoms with E-state index < -0.39 is 24.6 Å². The van der Waals surface area contributed by atoms with Crippen LogP contribution in [0.4, 0.5) is 13.2 Å². The van der Waals surface area contributed by atoms with Crippen molar-refractivity contribution in [2.45, 2.75) is 92.6 Å². The SMILES string of the molecule is CCC[CH2][Sn]([CH2]CCC)([CH2]CCC)[c]1c(C(F)(F)F)c(C)c(C)c2nsnc12. The Morgan fingerprint density at radius 1 is 0.786 bits per heavy atom. The summed E-state index contributed by atoms with van der Waals surface area (Å²) in [5.74, 6) is 0. The first-order chi connectivity index (χ1) is 13.2. The Bertz CT molecular complexity index is 764. The fourth-order valence-electron chi connectivity index (χ4n) is 4.44. The minimum atomic E-state index is -4.34. The molecule has 158 valence electrons. The molecule has 0 N–H and O–H groups in total. The van der Waals surface area contributed by atoms with E-state index >= 15 is 0 Å². The number of benzene rings is 1. The zero-order valence-electron chi connectivity index (χ0n) is 17.8. The number of fused-ring (bicyclic) bond motifs is 1. The monoisotopic (exact) mass is 522 g/mol. The van der Waals surface area contributed by atoms with Gasteiger partial charge in [0.1, 0.15) is 0 Å². The summed E-state index contributed by atoms with van der Waals surface area (Å²) in [6.45, 7) is 9.82. The molecule has 0 atom stereocenters. The van der Waals surface area contributed by atoms with Crippen LogP contribution in [0.15, 0.2) is 0 Å². The van der Waals surface area contributed by atoms with Crippen LogP contribution in [-0.2, 0) is 6.18 Å². The molecule has 7 heteroatoms. The van der Waals surface area contributed by atoms with Gasteiger partial charge in [-0.15, -0.1) is 0 Å². The number of nitrogens with zero attached hydrogens (tertiary/aromatic N) is 2. The molecule has 0 aliphatic rings. The van der Waals surface area contributed by atoms with E-state index in [0.29, 0.717) is 25.7 Å². The first kappa shape index (κ1) is 23.9. The molecule has 1 aromatic heterocycles. The van der Waals surface area contributed by atoms with Crippen LogP contribution in [0.3, 0.4) is 0 Å². The van der Waals surface area contributed by atoms with Crippen LogP contribution in [0.5, 0.6) is 0 Å². The summed E-state index contributed by atoms with van der Waals surface area (Å²) in [6, 6.07) is 0. The van der Waals surface area contributed by atoms with Crippen molar-refractivity contribution in [2.24, 2.45) is 0 Å². The van der Waals surface area contributed by atoms with Crippen molar-refractivity contribution in [1.82, 2.24) is 8.75 Å². The Kier molecular flexibility index (Phi) is 8.62. The number of hydrogen-bond donors (Lipinski definition) is 0. The number of aromatic nitrogens is 2. The Labute approximate surface area is 175 Å².